The van der Waals surface area contributed by atoms with Crippen LogP contribution in [0, 0.1) is 0 Å². The maximum atomic E-state index is 13.2. The molecule has 0 saturated carbocycles. The third-order valence-corrected chi connectivity index (χ3v) is 14.8. The lowest BCUT2D eigenvalue weighted by atomic mass is 9.97. The second-order valence-corrected chi connectivity index (χ2v) is 21.1. The van der Waals surface area contributed by atoms with E-state index in [1.165, 1.54) is 180 Å². The Kier molecular flexibility index (Phi) is 40.2. The van der Waals surface area contributed by atoms with Crippen molar-refractivity contribution in [1.82, 2.24) is 5.32 Å². The molecule has 1 amide bonds. The molecule has 2 heterocycles. The highest BCUT2D eigenvalue weighted by atomic mass is 16.7. The molecule has 0 radical (unpaired) electrons. The first-order chi connectivity index (χ1) is 34.1. The second kappa shape index (κ2) is 43.3. The van der Waals surface area contributed by atoms with E-state index in [-0.39, 0.29) is 12.5 Å². The molecule has 14 nitrogen and oxygen atoms in total. The lowest BCUT2D eigenvalue weighted by molar-refractivity contribution is -0.359. The lowest BCUT2D eigenvalue weighted by Crippen LogP contribution is -2.65. The molecule has 0 spiro atoms. The van der Waals surface area contributed by atoms with E-state index in [4.69, 9.17) is 18.9 Å². The highest BCUT2D eigenvalue weighted by Gasteiger charge is 2.51. The fraction of sp³-hybridized carbons (Fsp3) is 0.982. The van der Waals surface area contributed by atoms with Crippen LogP contribution >= 0.6 is 0 Å². The molecule has 12 unspecified atom stereocenters. The number of hydrogen-bond donors (Lipinski definition) is 9. The number of unbranched alkanes of at least 4 members (excludes halogenated alkanes) is 34. The zero-order valence-electron chi connectivity index (χ0n) is 44.5. The molecule has 2 fully saturated rings. The van der Waals surface area contributed by atoms with Crippen molar-refractivity contribution in [3.05, 3.63) is 0 Å². The third-order valence-electron chi connectivity index (χ3n) is 14.8. The van der Waals surface area contributed by atoms with E-state index in [0.29, 0.717) is 12.8 Å². The molecular formula is C56H109NO13. The predicted molar refractivity (Wildman–Crippen MR) is 277 cm³/mol. The van der Waals surface area contributed by atoms with Crippen molar-refractivity contribution in [1.29, 1.82) is 0 Å². The Balaban J connectivity index is 1.75. The fourth-order valence-corrected chi connectivity index (χ4v) is 10.1. The number of nitrogens with one attached hydrogen (secondary N) is 1. The standard InChI is InChI=1S/C56H109NO13/c1-3-5-7-9-11-13-15-17-19-20-21-22-23-24-25-26-27-29-31-33-35-37-39-45(60)44(57-48(61)40-38-36-34-32-30-28-18-16-14-12-10-8-6-4-2)43-67-55-53(66)51(64)54(47(42-59)69-55)70-56-52(65)50(63)49(62)46(41-58)68-56/h44-47,49-56,58-60,62-66H,3-43H2,1-2H3,(H,57,61). The van der Waals surface area contributed by atoms with Gasteiger partial charge in [-0.25, -0.2) is 0 Å². The van der Waals surface area contributed by atoms with Crippen molar-refractivity contribution in [2.75, 3.05) is 19.8 Å². The SMILES string of the molecule is CCCCCCCCCCCCCCCCCCCCCCCCC(O)C(COC1OC(CO)C(OC2OC(CO)C(O)C(O)C2O)C(O)C1O)NC(=O)CCCCCCCCCCCCCCCC. The van der Waals surface area contributed by atoms with E-state index in [1.807, 2.05) is 0 Å². The van der Waals surface area contributed by atoms with Crippen molar-refractivity contribution >= 4 is 5.91 Å². The summed E-state index contributed by atoms with van der Waals surface area (Å²) in [4.78, 5) is 13.2. The van der Waals surface area contributed by atoms with Gasteiger partial charge in [-0.1, -0.05) is 239 Å². The number of aliphatic hydroxyl groups is 8. The van der Waals surface area contributed by atoms with Crippen LogP contribution in [-0.4, -0.2) is 140 Å². The molecule has 0 aromatic heterocycles. The quantitative estimate of drug-likeness (QED) is 0.0259. The van der Waals surface area contributed by atoms with Gasteiger partial charge in [0.05, 0.1) is 32.0 Å². The van der Waals surface area contributed by atoms with E-state index in [2.05, 4.69) is 19.2 Å². The van der Waals surface area contributed by atoms with Gasteiger partial charge in [-0.05, 0) is 12.8 Å². The van der Waals surface area contributed by atoms with Crippen LogP contribution in [0.3, 0.4) is 0 Å². The van der Waals surface area contributed by atoms with E-state index in [1.54, 1.807) is 0 Å². The highest BCUT2D eigenvalue weighted by Crippen LogP contribution is 2.30. The molecule has 0 aromatic carbocycles. The third kappa shape index (κ3) is 29.2. The number of ether oxygens (including phenoxy) is 4. The Labute approximate surface area is 425 Å². The van der Waals surface area contributed by atoms with Crippen molar-refractivity contribution in [3.8, 4) is 0 Å². The molecule has 2 rings (SSSR count). The molecule has 12 atom stereocenters. The zero-order valence-corrected chi connectivity index (χ0v) is 44.5. The van der Waals surface area contributed by atoms with Crippen molar-refractivity contribution in [2.45, 2.75) is 331 Å². The van der Waals surface area contributed by atoms with Crippen molar-refractivity contribution in [2.24, 2.45) is 0 Å². The molecule has 9 N–H and O–H groups in total. The van der Waals surface area contributed by atoms with Crippen LogP contribution in [0.5, 0.6) is 0 Å². The number of amides is 1. The fourth-order valence-electron chi connectivity index (χ4n) is 10.1. The topological polar surface area (TPSA) is 228 Å². The Morgan fingerprint density at radius 3 is 1.21 bits per heavy atom. The van der Waals surface area contributed by atoms with Crippen molar-refractivity contribution in [3.63, 3.8) is 0 Å². The van der Waals surface area contributed by atoms with Crippen LogP contribution in [0.25, 0.3) is 0 Å². The number of rotatable bonds is 47. The lowest BCUT2D eigenvalue weighted by Gasteiger charge is -2.46. The molecule has 2 aliphatic heterocycles. The maximum absolute atomic E-state index is 13.2. The largest absolute Gasteiger partial charge is 0.394 e. The average Bonchev–Trinajstić information content (AvgIpc) is 3.36. The molecule has 0 aliphatic carbocycles. The minimum absolute atomic E-state index is 0.202. The van der Waals surface area contributed by atoms with Gasteiger partial charge in [0.15, 0.2) is 12.6 Å². The smallest absolute Gasteiger partial charge is 0.220 e. The summed E-state index contributed by atoms with van der Waals surface area (Å²) in [5, 5.41) is 87.2. The Morgan fingerprint density at radius 1 is 0.457 bits per heavy atom. The summed E-state index contributed by atoms with van der Waals surface area (Å²) in [6.07, 6.45) is 29.6. The molecule has 14 heteroatoms. The van der Waals surface area contributed by atoms with Gasteiger partial charge in [0.2, 0.25) is 5.91 Å². The minimum Gasteiger partial charge on any atom is -0.394 e. The predicted octanol–water partition coefficient (Wildman–Crippen LogP) is 9.34. The van der Waals surface area contributed by atoms with E-state index in [0.717, 1.165) is 51.4 Å². The van der Waals surface area contributed by atoms with Gasteiger partial charge in [-0.2, -0.15) is 0 Å². The molecule has 2 aliphatic rings. The number of aliphatic hydroxyl groups excluding tert-OH is 8. The molecular weight excluding hydrogens is 895 g/mol. The Morgan fingerprint density at radius 2 is 0.814 bits per heavy atom. The van der Waals surface area contributed by atoms with Crippen LogP contribution in [0.2, 0.25) is 0 Å². The molecule has 70 heavy (non-hydrogen) atoms. The minimum atomic E-state index is -1.78. The first-order valence-electron chi connectivity index (χ1n) is 29.3. The number of carbonyl (C=O) groups is 1. The highest BCUT2D eigenvalue weighted by molar-refractivity contribution is 5.76. The monoisotopic (exact) mass is 1000 g/mol. The van der Waals surface area contributed by atoms with Crippen LogP contribution < -0.4 is 5.32 Å². The number of carbonyl (C=O) groups excluding carboxylic acids is 1. The first-order valence-corrected chi connectivity index (χ1v) is 29.3. The van der Waals surface area contributed by atoms with Gasteiger partial charge in [-0.3, -0.25) is 4.79 Å². The zero-order chi connectivity index (χ0) is 51.0. The Bertz CT molecular complexity index is 1180. The second-order valence-electron chi connectivity index (χ2n) is 21.1. The number of hydrogen-bond acceptors (Lipinski definition) is 13. The van der Waals surface area contributed by atoms with E-state index < -0.39 is 86.8 Å². The summed E-state index contributed by atoms with van der Waals surface area (Å²) in [5.74, 6) is -0.202. The van der Waals surface area contributed by atoms with E-state index in [9.17, 15) is 45.6 Å². The summed E-state index contributed by atoms with van der Waals surface area (Å²) >= 11 is 0. The molecule has 2 saturated heterocycles. The normalized spacial score (nSPS) is 25.9. The van der Waals surface area contributed by atoms with Gasteiger partial charge in [0.25, 0.3) is 0 Å². The van der Waals surface area contributed by atoms with Gasteiger partial charge in [-0.15, -0.1) is 0 Å². The summed E-state index contributed by atoms with van der Waals surface area (Å²) in [5.41, 5.74) is 0. The van der Waals surface area contributed by atoms with Crippen LogP contribution in [0.1, 0.15) is 258 Å². The average molecular weight is 1000 g/mol. The van der Waals surface area contributed by atoms with Gasteiger partial charge >= 0.3 is 0 Å². The summed E-state index contributed by atoms with van der Waals surface area (Å²) in [7, 11) is 0. The molecule has 416 valence electrons. The maximum Gasteiger partial charge on any atom is 0.220 e. The van der Waals surface area contributed by atoms with Crippen LogP contribution in [-0.2, 0) is 23.7 Å². The van der Waals surface area contributed by atoms with Crippen LogP contribution in [0.4, 0.5) is 0 Å². The summed E-state index contributed by atoms with van der Waals surface area (Å²) < 4.78 is 22.8. The summed E-state index contributed by atoms with van der Waals surface area (Å²) in [6, 6.07) is -0.822. The Hall–Kier alpha value is -1.01. The summed E-state index contributed by atoms with van der Waals surface area (Å²) in [6.45, 7) is 2.89. The van der Waals surface area contributed by atoms with Gasteiger partial charge < -0.3 is 65.1 Å². The van der Waals surface area contributed by atoms with Crippen LogP contribution in [0.15, 0.2) is 0 Å². The molecule has 0 aromatic rings. The van der Waals surface area contributed by atoms with E-state index >= 15 is 0 Å². The van der Waals surface area contributed by atoms with Crippen molar-refractivity contribution < 1.29 is 64.6 Å². The van der Waals surface area contributed by atoms with Gasteiger partial charge in [0, 0.05) is 6.42 Å². The molecule has 0 bridgehead atoms. The van der Waals surface area contributed by atoms with Gasteiger partial charge in [0.1, 0.15) is 48.8 Å². The first kappa shape index (κ1) is 65.1.